The maximum Gasteiger partial charge on any atom is 0.214 e. The molecule has 4 heteroatoms. The van der Waals surface area contributed by atoms with Gasteiger partial charge >= 0.3 is 0 Å². The smallest absolute Gasteiger partial charge is 0.214 e. The van der Waals surface area contributed by atoms with Crippen molar-refractivity contribution in [2.45, 2.75) is 24.9 Å². The highest BCUT2D eigenvalue weighted by Crippen LogP contribution is 2.34. The van der Waals surface area contributed by atoms with E-state index in [-0.39, 0.29) is 5.60 Å². The molecule has 1 fully saturated rings. The summed E-state index contributed by atoms with van der Waals surface area (Å²) in [5, 5.41) is 3.30. The van der Waals surface area contributed by atoms with Crippen molar-refractivity contribution in [2.75, 3.05) is 26.1 Å². The van der Waals surface area contributed by atoms with Gasteiger partial charge in [0.2, 0.25) is 5.88 Å². The lowest BCUT2D eigenvalue weighted by atomic mass is 9.80. The van der Waals surface area contributed by atoms with Gasteiger partial charge in [-0.1, -0.05) is 6.07 Å². The minimum Gasteiger partial charge on any atom is -0.481 e. The van der Waals surface area contributed by atoms with Crippen molar-refractivity contribution >= 4 is 5.82 Å². The largest absolute Gasteiger partial charge is 0.481 e. The van der Waals surface area contributed by atoms with E-state index in [2.05, 4.69) is 10.3 Å². The second-order valence-corrected chi connectivity index (χ2v) is 4.16. The molecule has 4 nitrogen and oxygen atoms in total. The first-order valence-electron chi connectivity index (χ1n) is 5.58. The number of anilines is 1. The SMILES string of the molecule is COc1cccc(NCC2(OC)CCC2)n1. The molecule has 1 aliphatic rings. The average Bonchev–Trinajstić information content (AvgIpc) is 2.29. The van der Waals surface area contributed by atoms with Crippen LogP contribution in [0.1, 0.15) is 19.3 Å². The van der Waals surface area contributed by atoms with Gasteiger partial charge in [0.15, 0.2) is 0 Å². The fraction of sp³-hybridized carbons (Fsp3) is 0.583. The molecular weight excluding hydrogens is 204 g/mol. The predicted molar refractivity (Wildman–Crippen MR) is 62.9 cm³/mol. The number of aromatic nitrogens is 1. The monoisotopic (exact) mass is 222 g/mol. The topological polar surface area (TPSA) is 43.4 Å². The third kappa shape index (κ3) is 2.27. The van der Waals surface area contributed by atoms with E-state index in [9.17, 15) is 0 Å². The summed E-state index contributed by atoms with van der Waals surface area (Å²) in [5.74, 6) is 1.47. The summed E-state index contributed by atoms with van der Waals surface area (Å²) in [4.78, 5) is 4.30. The van der Waals surface area contributed by atoms with Crippen molar-refractivity contribution in [1.29, 1.82) is 0 Å². The maximum atomic E-state index is 5.53. The Morgan fingerprint density at radius 3 is 2.75 bits per heavy atom. The molecule has 0 saturated heterocycles. The van der Waals surface area contributed by atoms with Crippen LogP contribution in [0.2, 0.25) is 0 Å². The molecule has 1 aliphatic carbocycles. The lowest BCUT2D eigenvalue weighted by Gasteiger charge is -2.40. The zero-order chi connectivity index (χ0) is 11.4. The quantitative estimate of drug-likeness (QED) is 0.828. The van der Waals surface area contributed by atoms with Gasteiger partial charge < -0.3 is 14.8 Å². The average molecular weight is 222 g/mol. The molecule has 0 amide bonds. The van der Waals surface area contributed by atoms with E-state index in [1.165, 1.54) is 6.42 Å². The first kappa shape index (κ1) is 11.2. The summed E-state index contributed by atoms with van der Waals surface area (Å²) >= 11 is 0. The molecule has 1 heterocycles. The standard InChI is InChI=1S/C12H18N2O2/c1-15-11-6-3-5-10(14-11)13-9-12(16-2)7-4-8-12/h3,5-6H,4,7-9H2,1-2H3,(H,13,14). The minimum atomic E-state index is 0.0186. The van der Waals surface area contributed by atoms with Gasteiger partial charge in [-0.25, -0.2) is 0 Å². The molecule has 0 aromatic carbocycles. The minimum absolute atomic E-state index is 0.0186. The zero-order valence-electron chi connectivity index (χ0n) is 9.82. The molecule has 1 aromatic heterocycles. The van der Waals surface area contributed by atoms with Gasteiger partial charge in [0, 0.05) is 19.7 Å². The van der Waals surface area contributed by atoms with Crippen LogP contribution in [-0.4, -0.2) is 31.3 Å². The van der Waals surface area contributed by atoms with Gasteiger partial charge in [-0.2, -0.15) is 4.98 Å². The van der Waals surface area contributed by atoms with Crippen LogP contribution in [0.15, 0.2) is 18.2 Å². The van der Waals surface area contributed by atoms with Crippen molar-refractivity contribution in [3.05, 3.63) is 18.2 Å². The van der Waals surface area contributed by atoms with Crippen molar-refractivity contribution in [3.8, 4) is 5.88 Å². The van der Waals surface area contributed by atoms with Gasteiger partial charge in [0.25, 0.3) is 0 Å². The molecule has 0 atom stereocenters. The third-order valence-corrected chi connectivity index (χ3v) is 3.22. The van der Waals surface area contributed by atoms with Crippen molar-refractivity contribution in [1.82, 2.24) is 4.98 Å². The molecule has 0 aliphatic heterocycles. The summed E-state index contributed by atoms with van der Waals surface area (Å²) in [7, 11) is 3.40. The number of rotatable bonds is 5. The van der Waals surface area contributed by atoms with Crippen LogP contribution >= 0.6 is 0 Å². The van der Waals surface area contributed by atoms with Crippen molar-refractivity contribution in [3.63, 3.8) is 0 Å². The first-order chi connectivity index (χ1) is 7.78. The van der Waals surface area contributed by atoms with E-state index in [0.29, 0.717) is 5.88 Å². The summed E-state index contributed by atoms with van der Waals surface area (Å²) in [6.07, 6.45) is 3.50. The number of pyridine rings is 1. The number of methoxy groups -OCH3 is 2. The molecule has 1 N–H and O–H groups in total. The first-order valence-corrected chi connectivity index (χ1v) is 5.58. The van der Waals surface area contributed by atoms with Gasteiger partial charge in [-0.15, -0.1) is 0 Å². The van der Waals surface area contributed by atoms with E-state index in [4.69, 9.17) is 9.47 Å². The van der Waals surface area contributed by atoms with E-state index in [0.717, 1.165) is 25.2 Å². The molecule has 88 valence electrons. The Labute approximate surface area is 96.0 Å². The number of hydrogen-bond acceptors (Lipinski definition) is 4. The Kier molecular flexibility index (Phi) is 3.29. The number of hydrogen-bond donors (Lipinski definition) is 1. The molecule has 1 aromatic rings. The molecule has 16 heavy (non-hydrogen) atoms. The number of nitrogens with one attached hydrogen (secondary N) is 1. The van der Waals surface area contributed by atoms with Crippen molar-refractivity contribution in [2.24, 2.45) is 0 Å². The lowest BCUT2D eigenvalue weighted by Crippen LogP contribution is -2.45. The Hall–Kier alpha value is -1.29. The lowest BCUT2D eigenvalue weighted by molar-refractivity contribution is -0.0601. The third-order valence-electron chi connectivity index (χ3n) is 3.22. The van der Waals surface area contributed by atoms with Crippen LogP contribution in [0.5, 0.6) is 5.88 Å². The fourth-order valence-electron chi connectivity index (χ4n) is 1.90. The molecule has 1 saturated carbocycles. The highest BCUT2D eigenvalue weighted by Gasteiger charge is 2.36. The number of nitrogens with zero attached hydrogens (tertiary/aromatic N) is 1. The summed E-state index contributed by atoms with van der Waals surface area (Å²) in [6, 6.07) is 5.69. The van der Waals surface area contributed by atoms with Crippen LogP contribution in [0.25, 0.3) is 0 Å². The van der Waals surface area contributed by atoms with Gasteiger partial charge in [0.05, 0.1) is 12.7 Å². The molecule has 0 radical (unpaired) electrons. The fourth-order valence-corrected chi connectivity index (χ4v) is 1.90. The predicted octanol–water partition coefficient (Wildman–Crippen LogP) is 2.07. The molecular formula is C12H18N2O2. The summed E-state index contributed by atoms with van der Waals surface area (Å²) in [5.41, 5.74) is 0.0186. The molecule has 0 bridgehead atoms. The van der Waals surface area contributed by atoms with Crippen LogP contribution in [0.4, 0.5) is 5.82 Å². The normalized spacial score (nSPS) is 17.6. The zero-order valence-corrected chi connectivity index (χ0v) is 9.82. The highest BCUT2D eigenvalue weighted by atomic mass is 16.5. The second-order valence-electron chi connectivity index (χ2n) is 4.16. The van der Waals surface area contributed by atoms with Crippen molar-refractivity contribution < 1.29 is 9.47 Å². The van der Waals surface area contributed by atoms with Gasteiger partial charge in [-0.3, -0.25) is 0 Å². The van der Waals surface area contributed by atoms with E-state index >= 15 is 0 Å². The van der Waals surface area contributed by atoms with E-state index in [1.807, 2.05) is 18.2 Å². The molecule has 2 rings (SSSR count). The molecule has 0 spiro atoms. The van der Waals surface area contributed by atoms with Crippen LogP contribution < -0.4 is 10.1 Å². The van der Waals surface area contributed by atoms with E-state index in [1.54, 1.807) is 14.2 Å². The van der Waals surface area contributed by atoms with Crippen LogP contribution in [-0.2, 0) is 4.74 Å². The van der Waals surface area contributed by atoms with Crippen LogP contribution in [0, 0.1) is 0 Å². The molecule has 0 unspecified atom stereocenters. The van der Waals surface area contributed by atoms with E-state index < -0.39 is 0 Å². The Morgan fingerprint density at radius 2 is 2.19 bits per heavy atom. The number of ether oxygens (including phenoxy) is 2. The summed E-state index contributed by atoms with van der Waals surface area (Å²) in [6.45, 7) is 0.809. The Morgan fingerprint density at radius 1 is 1.38 bits per heavy atom. The Balaban J connectivity index is 1.93. The second kappa shape index (κ2) is 4.70. The highest BCUT2D eigenvalue weighted by molar-refractivity contribution is 5.37. The van der Waals surface area contributed by atoms with Crippen LogP contribution in [0.3, 0.4) is 0 Å². The van der Waals surface area contributed by atoms with Gasteiger partial charge in [-0.05, 0) is 25.3 Å². The Bertz CT molecular complexity index is 345. The maximum absolute atomic E-state index is 5.53. The van der Waals surface area contributed by atoms with Gasteiger partial charge in [0.1, 0.15) is 5.82 Å². The summed E-state index contributed by atoms with van der Waals surface area (Å²) < 4.78 is 10.6.